The number of esters is 1. The van der Waals surface area contributed by atoms with Crippen LogP contribution >= 0.6 is 11.8 Å². The maximum absolute atomic E-state index is 12.0. The number of carbonyl (C=O) groups excluding carboxylic acids is 2. The lowest BCUT2D eigenvalue weighted by Gasteiger charge is -2.03. The van der Waals surface area contributed by atoms with E-state index in [0.29, 0.717) is 11.3 Å². The standard InChI is InChI=1S/C19H18O4S/c1-22-16-5-3-4-14(12-16)6-11-19(21)23-13-18(20)15-7-9-17(24-2)10-8-15/h3-12H,13H2,1-2H3/b11-6+. The molecule has 0 bridgehead atoms. The number of hydrogen-bond acceptors (Lipinski definition) is 5. The predicted molar refractivity (Wildman–Crippen MR) is 95.5 cm³/mol. The molecule has 0 aliphatic heterocycles. The van der Waals surface area contributed by atoms with Gasteiger partial charge in [-0.15, -0.1) is 11.8 Å². The number of ketones is 1. The van der Waals surface area contributed by atoms with Crippen molar-refractivity contribution in [3.63, 3.8) is 0 Å². The van der Waals surface area contributed by atoms with Crippen molar-refractivity contribution < 1.29 is 19.1 Å². The molecule has 0 saturated heterocycles. The van der Waals surface area contributed by atoms with Gasteiger partial charge in [0.15, 0.2) is 12.4 Å². The first kappa shape index (κ1) is 17.8. The van der Waals surface area contributed by atoms with E-state index < -0.39 is 5.97 Å². The second kappa shape index (κ2) is 8.93. The zero-order valence-electron chi connectivity index (χ0n) is 13.5. The fourth-order valence-electron chi connectivity index (χ4n) is 1.95. The number of rotatable bonds is 7. The number of benzene rings is 2. The van der Waals surface area contributed by atoms with E-state index in [2.05, 4.69) is 0 Å². The molecular formula is C19H18O4S. The molecular weight excluding hydrogens is 324 g/mol. The van der Waals surface area contributed by atoms with E-state index >= 15 is 0 Å². The van der Waals surface area contributed by atoms with Gasteiger partial charge in [-0.25, -0.2) is 4.79 Å². The number of carbonyl (C=O) groups is 2. The first-order valence-electron chi connectivity index (χ1n) is 7.28. The van der Waals surface area contributed by atoms with E-state index in [4.69, 9.17) is 9.47 Å². The van der Waals surface area contributed by atoms with Crippen LogP contribution in [0, 0.1) is 0 Å². The van der Waals surface area contributed by atoms with Crippen LogP contribution in [0.4, 0.5) is 0 Å². The average Bonchev–Trinajstić information content (AvgIpc) is 2.64. The monoisotopic (exact) mass is 342 g/mol. The Morgan fingerprint density at radius 2 is 1.88 bits per heavy atom. The highest BCUT2D eigenvalue weighted by molar-refractivity contribution is 7.98. The van der Waals surface area contributed by atoms with E-state index in [0.717, 1.165) is 10.5 Å². The molecule has 0 aromatic heterocycles. The van der Waals surface area contributed by atoms with E-state index in [-0.39, 0.29) is 12.4 Å². The number of Topliss-reactive ketones (excluding diaryl/α,β-unsaturated/α-hetero) is 1. The molecule has 0 heterocycles. The molecule has 0 spiro atoms. The van der Waals surface area contributed by atoms with E-state index in [1.807, 2.05) is 36.6 Å². The van der Waals surface area contributed by atoms with E-state index in [9.17, 15) is 9.59 Å². The van der Waals surface area contributed by atoms with E-state index in [1.54, 1.807) is 43.1 Å². The minimum absolute atomic E-state index is 0.231. The Morgan fingerprint density at radius 3 is 2.54 bits per heavy atom. The summed E-state index contributed by atoms with van der Waals surface area (Å²) < 4.78 is 10.1. The summed E-state index contributed by atoms with van der Waals surface area (Å²) in [7, 11) is 1.58. The quantitative estimate of drug-likeness (QED) is 0.331. The zero-order valence-corrected chi connectivity index (χ0v) is 14.3. The zero-order chi connectivity index (χ0) is 17.4. The van der Waals surface area contributed by atoms with Crippen LogP contribution in [0.3, 0.4) is 0 Å². The number of thioether (sulfide) groups is 1. The Bertz CT molecular complexity index is 735. The molecule has 2 aromatic rings. The summed E-state index contributed by atoms with van der Waals surface area (Å²) in [6.07, 6.45) is 4.87. The Labute approximate surface area is 145 Å². The first-order chi connectivity index (χ1) is 11.6. The van der Waals surface area contributed by atoms with Gasteiger partial charge in [-0.2, -0.15) is 0 Å². The van der Waals surface area contributed by atoms with Gasteiger partial charge in [0.2, 0.25) is 0 Å². The highest BCUT2D eigenvalue weighted by Crippen LogP contribution is 2.15. The van der Waals surface area contributed by atoms with Gasteiger partial charge in [0.05, 0.1) is 7.11 Å². The van der Waals surface area contributed by atoms with Crippen LogP contribution in [0.2, 0.25) is 0 Å². The maximum Gasteiger partial charge on any atom is 0.331 e. The Kier molecular flexibility index (Phi) is 6.63. The molecule has 0 aliphatic carbocycles. The lowest BCUT2D eigenvalue weighted by Crippen LogP contribution is -2.12. The van der Waals surface area contributed by atoms with Crippen molar-refractivity contribution in [2.24, 2.45) is 0 Å². The maximum atomic E-state index is 12.0. The molecule has 0 radical (unpaired) electrons. The van der Waals surface area contributed by atoms with Crippen molar-refractivity contribution in [1.82, 2.24) is 0 Å². The van der Waals surface area contributed by atoms with Crippen LogP contribution in [-0.4, -0.2) is 31.7 Å². The third-order valence-corrected chi connectivity index (χ3v) is 4.01. The largest absolute Gasteiger partial charge is 0.497 e. The van der Waals surface area contributed by atoms with Gasteiger partial charge in [-0.1, -0.05) is 24.3 Å². The molecule has 24 heavy (non-hydrogen) atoms. The SMILES string of the molecule is COc1cccc(/C=C/C(=O)OCC(=O)c2ccc(SC)cc2)c1. The molecule has 0 amide bonds. The molecule has 2 rings (SSSR count). The molecule has 0 aliphatic rings. The third-order valence-electron chi connectivity index (χ3n) is 3.26. The summed E-state index contributed by atoms with van der Waals surface area (Å²) in [6, 6.07) is 14.5. The van der Waals surface area contributed by atoms with Crippen molar-refractivity contribution in [2.75, 3.05) is 20.0 Å². The summed E-state index contributed by atoms with van der Waals surface area (Å²) >= 11 is 1.60. The second-order valence-corrected chi connectivity index (χ2v) is 5.75. The molecule has 124 valence electrons. The van der Waals surface area contributed by atoms with Gasteiger partial charge in [-0.05, 0) is 42.2 Å². The molecule has 0 atom stereocenters. The molecule has 0 unspecified atom stereocenters. The first-order valence-corrected chi connectivity index (χ1v) is 8.51. The Hall–Kier alpha value is -2.53. The molecule has 5 heteroatoms. The van der Waals surface area contributed by atoms with E-state index in [1.165, 1.54) is 6.08 Å². The van der Waals surface area contributed by atoms with Crippen LogP contribution in [0.15, 0.2) is 59.5 Å². The minimum Gasteiger partial charge on any atom is -0.497 e. The van der Waals surface area contributed by atoms with Gasteiger partial charge >= 0.3 is 5.97 Å². The van der Waals surface area contributed by atoms with Gasteiger partial charge in [0, 0.05) is 16.5 Å². The number of methoxy groups -OCH3 is 1. The lowest BCUT2D eigenvalue weighted by molar-refractivity contribution is -0.136. The lowest BCUT2D eigenvalue weighted by atomic mass is 10.1. The minimum atomic E-state index is -0.563. The Balaban J connectivity index is 1.87. The predicted octanol–water partition coefficient (Wildman–Crippen LogP) is 3.86. The smallest absolute Gasteiger partial charge is 0.331 e. The summed E-state index contributed by atoms with van der Waals surface area (Å²) in [5, 5.41) is 0. The van der Waals surface area contributed by atoms with Crippen molar-refractivity contribution in [3.8, 4) is 5.75 Å². The normalized spacial score (nSPS) is 10.6. The second-order valence-electron chi connectivity index (χ2n) is 4.87. The summed E-state index contributed by atoms with van der Waals surface area (Å²) in [5.41, 5.74) is 1.34. The van der Waals surface area contributed by atoms with Crippen LogP contribution in [0.5, 0.6) is 5.75 Å². The summed E-state index contributed by atoms with van der Waals surface area (Å²) in [5.74, 6) is -0.0907. The van der Waals surface area contributed by atoms with Crippen molar-refractivity contribution in [3.05, 3.63) is 65.7 Å². The summed E-state index contributed by atoms with van der Waals surface area (Å²) in [4.78, 5) is 24.8. The van der Waals surface area contributed by atoms with Crippen molar-refractivity contribution >= 4 is 29.6 Å². The van der Waals surface area contributed by atoms with Gasteiger partial charge in [0.1, 0.15) is 5.75 Å². The van der Waals surface area contributed by atoms with Gasteiger partial charge < -0.3 is 9.47 Å². The number of ether oxygens (including phenoxy) is 2. The van der Waals surface area contributed by atoms with Crippen molar-refractivity contribution in [1.29, 1.82) is 0 Å². The van der Waals surface area contributed by atoms with Gasteiger partial charge in [-0.3, -0.25) is 4.79 Å². The average molecular weight is 342 g/mol. The molecule has 2 aromatic carbocycles. The van der Waals surface area contributed by atoms with Crippen LogP contribution in [0.1, 0.15) is 15.9 Å². The highest BCUT2D eigenvalue weighted by atomic mass is 32.2. The van der Waals surface area contributed by atoms with Crippen LogP contribution in [0.25, 0.3) is 6.08 Å². The topological polar surface area (TPSA) is 52.6 Å². The molecule has 0 N–H and O–H groups in total. The highest BCUT2D eigenvalue weighted by Gasteiger charge is 2.08. The molecule has 0 fully saturated rings. The fraction of sp³-hybridized carbons (Fsp3) is 0.158. The molecule has 4 nitrogen and oxygen atoms in total. The molecule has 0 saturated carbocycles. The fourth-order valence-corrected chi connectivity index (χ4v) is 2.36. The van der Waals surface area contributed by atoms with Crippen molar-refractivity contribution in [2.45, 2.75) is 4.90 Å². The number of hydrogen-bond donors (Lipinski definition) is 0. The third kappa shape index (κ3) is 5.28. The van der Waals surface area contributed by atoms with Crippen LogP contribution in [-0.2, 0) is 9.53 Å². The summed E-state index contributed by atoms with van der Waals surface area (Å²) in [6.45, 7) is -0.278. The Morgan fingerprint density at radius 1 is 1.12 bits per heavy atom. The van der Waals surface area contributed by atoms with Gasteiger partial charge in [0.25, 0.3) is 0 Å². The van der Waals surface area contributed by atoms with Crippen LogP contribution < -0.4 is 4.74 Å².